The molecule has 1 rings (SSSR count). The van der Waals surface area contributed by atoms with Gasteiger partial charge in [0.2, 0.25) is 0 Å². The summed E-state index contributed by atoms with van der Waals surface area (Å²) in [4.78, 5) is 36.2. The van der Waals surface area contributed by atoms with Crippen LogP contribution in [0.15, 0.2) is 18.5 Å². The average Bonchev–Trinajstić information content (AvgIpc) is 2.78. The maximum absolute atomic E-state index is 11.6. The molecule has 1 aromatic rings. The van der Waals surface area contributed by atoms with Crippen molar-refractivity contribution < 1.29 is 19.5 Å². The quantitative estimate of drug-likeness (QED) is 0.734. The second kappa shape index (κ2) is 6.74. The molecular weight excluding hydrogens is 234 g/mol. The Labute approximate surface area is 105 Å². The van der Waals surface area contributed by atoms with E-state index in [1.807, 2.05) is 0 Å². The lowest BCUT2D eigenvalue weighted by Gasteiger charge is -2.10. The molecule has 18 heavy (non-hydrogen) atoms. The number of nitrogens with one attached hydrogen (secondary N) is 1. The van der Waals surface area contributed by atoms with Crippen molar-refractivity contribution in [1.29, 1.82) is 0 Å². The minimum absolute atomic E-state index is 0.0200. The Bertz CT molecular complexity index is 422. The molecule has 0 radical (unpaired) electrons. The van der Waals surface area contributed by atoms with E-state index in [-0.39, 0.29) is 30.8 Å². The molecule has 2 N–H and O–H groups in total. The van der Waals surface area contributed by atoms with Gasteiger partial charge in [-0.05, 0) is 25.0 Å². The van der Waals surface area contributed by atoms with E-state index in [0.717, 1.165) is 5.56 Å². The maximum Gasteiger partial charge on any atom is 0.307 e. The zero-order valence-corrected chi connectivity index (χ0v) is 10.3. The fourth-order valence-electron chi connectivity index (χ4n) is 1.71. The molecule has 0 bridgehead atoms. The lowest BCUT2D eigenvalue weighted by atomic mass is 9.94. The minimum Gasteiger partial charge on any atom is -0.481 e. The van der Waals surface area contributed by atoms with E-state index >= 15 is 0 Å². The molecule has 98 valence electrons. The van der Waals surface area contributed by atoms with Crippen molar-refractivity contribution in [1.82, 2.24) is 4.98 Å². The molecule has 0 fully saturated rings. The van der Waals surface area contributed by atoms with Crippen molar-refractivity contribution in [3.8, 4) is 0 Å². The van der Waals surface area contributed by atoms with Crippen molar-refractivity contribution in [3.05, 3.63) is 24.0 Å². The van der Waals surface area contributed by atoms with Gasteiger partial charge < -0.3 is 14.9 Å². The largest absolute Gasteiger partial charge is 0.481 e. The van der Waals surface area contributed by atoms with Crippen molar-refractivity contribution in [3.63, 3.8) is 0 Å². The predicted molar refractivity (Wildman–Crippen MR) is 65.2 cm³/mol. The molecule has 0 spiro atoms. The van der Waals surface area contributed by atoms with E-state index in [1.54, 1.807) is 18.5 Å². The fraction of sp³-hybridized carbons (Fsp3) is 0.462. The summed E-state index contributed by atoms with van der Waals surface area (Å²) >= 11 is 0. The Morgan fingerprint density at radius 1 is 1.33 bits per heavy atom. The smallest absolute Gasteiger partial charge is 0.307 e. The number of carboxylic acids is 1. The number of H-pyrrole nitrogens is 1. The van der Waals surface area contributed by atoms with Gasteiger partial charge in [0.05, 0.1) is 5.92 Å². The first-order chi connectivity index (χ1) is 8.49. The number of Topliss-reactive ketones (excluding diaryl/α,β-unsaturated/α-hetero) is 2. The Hall–Kier alpha value is -1.91. The molecule has 5 nitrogen and oxygen atoms in total. The highest BCUT2D eigenvalue weighted by atomic mass is 16.4. The van der Waals surface area contributed by atoms with E-state index in [2.05, 4.69) is 4.98 Å². The molecule has 1 unspecified atom stereocenters. The number of ketones is 2. The van der Waals surface area contributed by atoms with Crippen LogP contribution in [-0.4, -0.2) is 27.6 Å². The molecule has 1 heterocycles. The van der Waals surface area contributed by atoms with Gasteiger partial charge >= 0.3 is 5.97 Å². The summed E-state index contributed by atoms with van der Waals surface area (Å²) in [6, 6.07) is 1.79. The molecule has 1 aromatic heterocycles. The Kier molecular flexibility index (Phi) is 5.30. The Morgan fingerprint density at radius 3 is 2.56 bits per heavy atom. The van der Waals surface area contributed by atoms with E-state index in [9.17, 15) is 14.4 Å². The van der Waals surface area contributed by atoms with Crippen LogP contribution in [0, 0.1) is 5.92 Å². The number of aromatic amines is 1. The van der Waals surface area contributed by atoms with Gasteiger partial charge in [-0.1, -0.05) is 0 Å². The third-order valence-corrected chi connectivity index (χ3v) is 2.72. The molecule has 0 aliphatic heterocycles. The second-order valence-electron chi connectivity index (χ2n) is 4.40. The van der Waals surface area contributed by atoms with Crippen LogP contribution in [-0.2, 0) is 20.8 Å². The van der Waals surface area contributed by atoms with Gasteiger partial charge in [0.15, 0.2) is 0 Å². The molecule has 0 aliphatic carbocycles. The summed E-state index contributed by atoms with van der Waals surface area (Å²) in [5.41, 5.74) is 0.863. The third-order valence-electron chi connectivity index (χ3n) is 2.72. The normalized spacial score (nSPS) is 12.1. The molecule has 0 amide bonds. The molecule has 0 saturated carbocycles. The van der Waals surface area contributed by atoms with Crippen molar-refractivity contribution in [2.45, 2.75) is 32.6 Å². The molecule has 0 saturated heterocycles. The van der Waals surface area contributed by atoms with Crippen LogP contribution in [0.1, 0.15) is 31.7 Å². The van der Waals surface area contributed by atoms with Gasteiger partial charge in [-0.15, -0.1) is 0 Å². The van der Waals surface area contributed by atoms with Crippen LogP contribution < -0.4 is 0 Å². The van der Waals surface area contributed by atoms with Gasteiger partial charge in [-0.25, -0.2) is 0 Å². The second-order valence-corrected chi connectivity index (χ2v) is 4.40. The number of hydrogen-bond donors (Lipinski definition) is 2. The first kappa shape index (κ1) is 14.2. The summed E-state index contributed by atoms with van der Waals surface area (Å²) in [6.45, 7) is 1.42. The molecular formula is C13H17NO4. The van der Waals surface area contributed by atoms with Crippen LogP contribution in [0.3, 0.4) is 0 Å². The molecule has 5 heteroatoms. The number of carbonyl (C=O) groups excluding carboxylic acids is 2. The first-order valence-corrected chi connectivity index (χ1v) is 5.84. The van der Waals surface area contributed by atoms with Crippen LogP contribution in [0.4, 0.5) is 0 Å². The SMILES string of the molecule is CC(=O)CCC(=O)CC(Cc1cc[nH]c1)C(=O)O. The first-order valence-electron chi connectivity index (χ1n) is 5.84. The maximum atomic E-state index is 11.6. The van der Waals surface area contributed by atoms with Crippen molar-refractivity contribution in [2.24, 2.45) is 5.92 Å². The topological polar surface area (TPSA) is 87.2 Å². The number of aliphatic carboxylic acids is 1. The third kappa shape index (κ3) is 4.95. The monoisotopic (exact) mass is 251 g/mol. The highest BCUT2D eigenvalue weighted by molar-refractivity contribution is 5.87. The van der Waals surface area contributed by atoms with Gasteiger partial charge in [0.25, 0.3) is 0 Å². The summed E-state index contributed by atoms with van der Waals surface area (Å²) < 4.78 is 0. The molecule has 1 atom stereocenters. The van der Waals surface area contributed by atoms with Gasteiger partial charge in [-0.2, -0.15) is 0 Å². The fourth-order valence-corrected chi connectivity index (χ4v) is 1.71. The van der Waals surface area contributed by atoms with Crippen LogP contribution >= 0.6 is 0 Å². The summed E-state index contributed by atoms with van der Waals surface area (Å²) in [6.07, 6.45) is 4.06. The van der Waals surface area contributed by atoms with Gasteiger partial charge in [-0.3, -0.25) is 9.59 Å². The Balaban J connectivity index is 2.50. The highest BCUT2D eigenvalue weighted by Crippen LogP contribution is 2.14. The Morgan fingerprint density at radius 2 is 2.06 bits per heavy atom. The highest BCUT2D eigenvalue weighted by Gasteiger charge is 2.21. The summed E-state index contributed by atoms with van der Waals surface area (Å²) in [5.74, 6) is -1.93. The number of hydrogen-bond acceptors (Lipinski definition) is 3. The van der Waals surface area contributed by atoms with Gasteiger partial charge in [0.1, 0.15) is 11.6 Å². The van der Waals surface area contributed by atoms with Gasteiger partial charge in [0, 0.05) is 31.7 Å². The van der Waals surface area contributed by atoms with E-state index < -0.39 is 11.9 Å². The van der Waals surface area contributed by atoms with Crippen molar-refractivity contribution >= 4 is 17.5 Å². The van der Waals surface area contributed by atoms with Crippen LogP contribution in [0.5, 0.6) is 0 Å². The van der Waals surface area contributed by atoms with E-state index in [4.69, 9.17) is 5.11 Å². The van der Waals surface area contributed by atoms with E-state index in [0.29, 0.717) is 6.42 Å². The molecule has 0 aliphatic rings. The van der Waals surface area contributed by atoms with E-state index in [1.165, 1.54) is 6.92 Å². The number of aromatic nitrogens is 1. The lowest BCUT2D eigenvalue weighted by Crippen LogP contribution is -2.20. The minimum atomic E-state index is -0.979. The molecule has 0 aromatic carbocycles. The van der Waals surface area contributed by atoms with Crippen LogP contribution in [0.25, 0.3) is 0 Å². The zero-order chi connectivity index (χ0) is 13.5. The summed E-state index contributed by atoms with van der Waals surface area (Å²) in [5, 5.41) is 9.07. The summed E-state index contributed by atoms with van der Waals surface area (Å²) in [7, 11) is 0. The average molecular weight is 251 g/mol. The standard InChI is InChI=1S/C13H17NO4/c1-9(15)2-3-12(16)7-11(13(17)18)6-10-4-5-14-8-10/h4-5,8,11,14H,2-3,6-7H2,1H3,(H,17,18). The van der Waals surface area contributed by atoms with Crippen molar-refractivity contribution in [2.75, 3.05) is 0 Å². The predicted octanol–water partition coefficient (Wildman–Crippen LogP) is 1.59. The number of rotatable bonds is 8. The number of carboxylic acid groups (broad SMARTS) is 1. The zero-order valence-electron chi connectivity index (χ0n) is 10.3. The van der Waals surface area contributed by atoms with Crippen LogP contribution in [0.2, 0.25) is 0 Å². The lowest BCUT2D eigenvalue weighted by molar-refractivity contribution is -0.143. The number of carbonyl (C=O) groups is 3.